The highest BCUT2D eigenvalue weighted by atomic mass is 19.4. The molecule has 31 heavy (non-hydrogen) atoms. The number of likely N-dealkylation sites (N-methyl/N-ethyl adjacent to an activating group) is 1. The Morgan fingerprint density at radius 1 is 1.19 bits per heavy atom. The number of halogens is 4. The molecule has 1 aromatic heterocycles. The summed E-state index contributed by atoms with van der Waals surface area (Å²) in [6, 6.07) is 4.67. The Labute approximate surface area is 174 Å². The van der Waals surface area contributed by atoms with E-state index in [9.17, 15) is 27.2 Å². The van der Waals surface area contributed by atoms with Crippen LogP contribution in [-0.4, -0.2) is 70.9 Å². The molecule has 0 atom stereocenters. The van der Waals surface area contributed by atoms with Gasteiger partial charge >= 0.3 is 6.18 Å². The minimum absolute atomic E-state index is 0.0643. The number of benzene rings is 1. The normalized spacial score (nSPS) is 14.6. The highest BCUT2D eigenvalue weighted by molar-refractivity contribution is 6.07. The van der Waals surface area contributed by atoms with Crippen molar-refractivity contribution >= 4 is 17.6 Å². The zero-order valence-electron chi connectivity index (χ0n) is 16.5. The minimum Gasteiger partial charge on any atom is -0.455 e. The van der Waals surface area contributed by atoms with Crippen LogP contribution in [0.2, 0.25) is 0 Å². The van der Waals surface area contributed by atoms with Crippen molar-refractivity contribution in [1.82, 2.24) is 14.5 Å². The quantitative estimate of drug-likeness (QED) is 0.659. The fourth-order valence-corrected chi connectivity index (χ4v) is 3.09. The van der Waals surface area contributed by atoms with E-state index < -0.39 is 36.4 Å². The molecule has 1 N–H and O–H groups in total. The SMILES string of the molecule is CN1C(=O)CN(CCCO)C(=O)c2c1nc(OCC(F)(F)F)n2Cc1ccc(F)cc1. The Kier molecular flexibility index (Phi) is 6.48. The van der Waals surface area contributed by atoms with E-state index in [1.54, 1.807) is 0 Å². The molecule has 1 aliphatic rings. The highest BCUT2D eigenvalue weighted by Gasteiger charge is 2.37. The van der Waals surface area contributed by atoms with Crippen LogP contribution in [0.15, 0.2) is 24.3 Å². The summed E-state index contributed by atoms with van der Waals surface area (Å²) in [6.45, 7) is -2.21. The van der Waals surface area contributed by atoms with Gasteiger partial charge in [0.25, 0.3) is 11.9 Å². The van der Waals surface area contributed by atoms with Crippen molar-refractivity contribution in [2.24, 2.45) is 0 Å². The van der Waals surface area contributed by atoms with Gasteiger partial charge in [0.05, 0.1) is 6.54 Å². The summed E-state index contributed by atoms with van der Waals surface area (Å²) in [5.41, 5.74) is 0.346. The maximum Gasteiger partial charge on any atom is 0.422 e. The topological polar surface area (TPSA) is 87.9 Å². The number of amides is 2. The van der Waals surface area contributed by atoms with Gasteiger partial charge in [-0.05, 0) is 24.1 Å². The molecular formula is C19H20F4N4O4. The van der Waals surface area contributed by atoms with E-state index in [1.807, 2.05) is 0 Å². The van der Waals surface area contributed by atoms with Crippen LogP contribution in [-0.2, 0) is 11.3 Å². The number of alkyl halides is 3. The lowest BCUT2D eigenvalue weighted by atomic mass is 10.2. The number of hydrogen-bond donors (Lipinski definition) is 1. The van der Waals surface area contributed by atoms with Crippen molar-refractivity contribution in [3.8, 4) is 6.01 Å². The largest absolute Gasteiger partial charge is 0.455 e. The van der Waals surface area contributed by atoms with Gasteiger partial charge in [0, 0.05) is 20.2 Å². The van der Waals surface area contributed by atoms with E-state index in [4.69, 9.17) is 9.84 Å². The molecular weight excluding hydrogens is 424 g/mol. The molecule has 0 bridgehead atoms. The lowest BCUT2D eigenvalue weighted by molar-refractivity contribution is -0.155. The minimum atomic E-state index is -4.65. The number of carbonyl (C=O) groups excluding carboxylic acids is 2. The molecule has 8 nitrogen and oxygen atoms in total. The van der Waals surface area contributed by atoms with Crippen LogP contribution in [0.1, 0.15) is 22.5 Å². The number of aliphatic hydroxyl groups is 1. The number of rotatable bonds is 7. The van der Waals surface area contributed by atoms with Crippen molar-refractivity contribution < 1.29 is 37.0 Å². The van der Waals surface area contributed by atoms with Gasteiger partial charge in [-0.25, -0.2) is 4.39 Å². The standard InChI is InChI=1S/C19H20F4N4O4/c1-25-14(29)10-26(7-2-8-28)17(30)15-16(25)24-18(31-11-19(21,22)23)27(15)9-12-3-5-13(20)6-4-12/h3-6,28H,2,7-11H2,1H3. The number of fused-ring (bicyclic) bond motifs is 1. The molecule has 0 saturated carbocycles. The van der Waals surface area contributed by atoms with Crippen LogP contribution >= 0.6 is 0 Å². The predicted octanol–water partition coefficient (Wildman–Crippen LogP) is 1.81. The molecule has 0 saturated heterocycles. The number of aliphatic hydroxyl groups excluding tert-OH is 1. The number of imidazole rings is 1. The Morgan fingerprint density at radius 2 is 1.87 bits per heavy atom. The number of aromatic nitrogens is 2. The number of anilines is 1. The fraction of sp³-hybridized carbons (Fsp3) is 0.421. The third-order valence-corrected chi connectivity index (χ3v) is 4.63. The van der Waals surface area contributed by atoms with Crippen molar-refractivity contribution in [2.75, 3.05) is 38.3 Å². The summed E-state index contributed by atoms with van der Waals surface area (Å²) in [4.78, 5) is 31.9. The van der Waals surface area contributed by atoms with E-state index >= 15 is 0 Å². The Hall–Kier alpha value is -3.15. The Bertz CT molecular complexity index is 959. The van der Waals surface area contributed by atoms with Gasteiger partial charge in [0.2, 0.25) is 5.91 Å². The summed E-state index contributed by atoms with van der Waals surface area (Å²) < 4.78 is 57.5. The van der Waals surface area contributed by atoms with Gasteiger partial charge in [-0.2, -0.15) is 18.2 Å². The molecule has 2 aromatic rings. The summed E-state index contributed by atoms with van der Waals surface area (Å²) >= 11 is 0. The monoisotopic (exact) mass is 444 g/mol. The lowest BCUT2D eigenvalue weighted by Gasteiger charge is -2.21. The first-order valence-corrected chi connectivity index (χ1v) is 9.32. The van der Waals surface area contributed by atoms with E-state index in [0.29, 0.717) is 5.56 Å². The van der Waals surface area contributed by atoms with E-state index in [-0.39, 0.29) is 44.2 Å². The molecule has 2 heterocycles. The third-order valence-electron chi connectivity index (χ3n) is 4.63. The fourth-order valence-electron chi connectivity index (χ4n) is 3.09. The van der Waals surface area contributed by atoms with Gasteiger partial charge < -0.3 is 14.7 Å². The second kappa shape index (κ2) is 8.92. The first-order chi connectivity index (χ1) is 14.6. The second-order valence-electron chi connectivity index (χ2n) is 6.94. The third kappa shape index (κ3) is 5.13. The van der Waals surface area contributed by atoms with E-state index in [1.165, 1.54) is 36.2 Å². The van der Waals surface area contributed by atoms with E-state index in [0.717, 1.165) is 9.47 Å². The van der Waals surface area contributed by atoms with Gasteiger partial charge in [-0.1, -0.05) is 12.1 Å². The summed E-state index contributed by atoms with van der Waals surface area (Å²) in [5, 5.41) is 9.08. The summed E-state index contributed by atoms with van der Waals surface area (Å²) in [6.07, 6.45) is -4.44. The van der Waals surface area contributed by atoms with Crippen LogP contribution in [0.5, 0.6) is 6.01 Å². The smallest absolute Gasteiger partial charge is 0.422 e. The molecule has 3 rings (SSSR count). The lowest BCUT2D eigenvalue weighted by Crippen LogP contribution is -2.39. The van der Waals surface area contributed by atoms with Crippen LogP contribution in [0.3, 0.4) is 0 Å². The number of carbonyl (C=O) groups is 2. The van der Waals surface area contributed by atoms with Crippen molar-refractivity contribution in [3.05, 3.63) is 41.3 Å². The number of ether oxygens (including phenoxy) is 1. The van der Waals surface area contributed by atoms with Crippen LogP contribution in [0.4, 0.5) is 23.4 Å². The molecule has 12 heteroatoms. The first-order valence-electron chi connectivity index (χ1n) is 9.32. The second-order valence-corrected chi connectivity index (χ2v) is 6.94. The maximum atomic E-state index is 13.3. The molecule has 2 amide bonds. The molecule has 0 unspecified atom stereocenters. The Balaban J connectivity index is 2.09. The van der Waals surface area contributed by atoms with Gasteiger partial charge in [-0.3, -0.25) is 19.1 Å². The van der Waals surface area contributed by atoms with Gasteiger partial charge in [0.15, 0.2) is 18.1 Å². The molecule has 0 spiro atoms. The summed E-state index contributed by atoms with van der Waals surface area (Å²) in [7, 11) is 1.35. The van der Waals surface area contributed by atoms with Crippen LogP contribution in [0.25, 0.3) is 0 Å². The average Bonchev–Trinajstić information content (AvgIpc) is 3.03. The molecule has 0 fully saturated rings. The maximum absolute atomic E-state index is 13.3. The molecule has 0 radical (unpaired) electrons. The summed E-state index contributed by atoms with van der Waals surface area (Å²) in [5.74, 6) is -1.78. The van der Waals surface area contributed by atoms with Gasteiger partial charge in [-0.15, -0.1) is 0 Å². The van der Waals surface area contributed by atoms with Gasteiger partial charge in [0.1, 0.15) is 12.4 Å². The molecule has 1 aliphatic heterocycles. The van der Waals surface area contributed by atoms with Crippen molar-refractivity contribution in [1.29, 1.82) is 0 Å². The first kappa shape index (κ1) is 22.5. The van der Waals surface area contributed by atoms with Crippen molar-refractivity contribution in [3.63, 3.8) is 0 Å². The molecule has 1 aromatic carbocycles. The van der Waals surface area contributed by atoms with E-state index in [2.05, 4.69) is 4.98 Å². The Morgan fingerprint density at radius 3 is 2.48 bits per heavy atom. The number of nitrogens with zero attached hydrogens (tertiary/aromatic N) is 4. The zero-order chi connectivity index (χ0) is 22.8. The highest BCUT2D eigenvalue weighted by Crippen LogP contribution is 2.31. The van der Waals surface area contributed by atoms with Crippen LogP contribution < -0.4 is 9.64 Å². The van der Waals surface area contributed by atoms with Crippen molar-refractivity contribution in [2.45, 2.75) is 19.1 Å². The van der Waals surface area contributed by atoms with Crippen LogP contribution in [0, 0.1) is 5.82 Å². The molecule has 168 valence electrons. The predicted molar refractivity (Wildman–Crippen MR) is 100 cm³/mol. The number of hydrogen-bond acceptors (Lipinski definition) is 5. The average molecular weight is 444 g/mol. The molecule has 0 aliphatic carbocycles. The zero-order valence-corrected chi connectivity index (χ0v) is 16.5.